The first-order valence-electron chi connectivity index (χ1n) is 5.93. The molecule has 20 heavy (non-hydrogen) atoms. The van der Waals surface area contributed by atoms with Crippen LogP contribution in [0.3, 0.4) is 0 Å². The summed E-state index contributed by atoms with van der Waals surface area (Å²) in [6.45, 7) is 2.77. The van der Waals surface area contributed by atoms with Crippen molar-refractivity contribution in [3.63, 3.8) is 0 Å². The Morgan fingerprint density at radius 1 is 1.30 bits per heavy atom. The molecule has 0 amide bonds. The molecule has 6 nitrogen and oxygen atoms in total. The molecule has 0 bridgehead atoms. The van der Waals surface area contributed by atoms with Crippen molar-refractivity contribution in [2.24, 2.45) is 5.14 Å². The average molecular weight is 305 g/mol. The lowest BCUT2D eigenvalue weighted by Crippen LogP contribution is -2.16. The van der Waals surface area contributed by atoms with E-state index in [1.165, 1.54) is 0 Å². The van der Waals surface area contributed by atoms with Gasteiger partial charge in [0.15, 0.2) is 0 Å². The topological polar surface area (TPSA) is 95.7 Å². The monoisotopic (exact) mass is 305 g/mol. The Morgan fingerprint density at radius 2 is 2.00 bits per heavy atom. The van der Waals surface area contributed by atoms with Crippen LogP contribution in [-0.4, -0.2) is 34.2 Å². The fourth-order valence-electron chi connectivity index (χ4n) is 1.37. The summed E-state index contributed by atoms with van der Waals surface area (Å²) in [7, 11) is -4.23. The SMILES string of the molecule is CCCOCCOC(=O)c1ccc(F)c(S(N)(=O)=O)c1. The second kappa shape index (κ2) is 7.32. The van der Waals surface area contributed by atoms with Crippen molar-refractivity contribution in [2.45, 2.75) is 18.2 Å². The minimum atomic E-state index is -4.23. The number of rotatable bonds is 7. The highest BCUT2D eigenvalue weighted by Gasteiger charge is 2.18. The molecule has 0 saturated carbocycles. The Balaban J connectivity index is 2.70. The molecule has 0 aromatic heterocycles. The first-order chi connectivity index (χ1) is 9.36. The van der Waals surface area contributed by atoms with Crippen molar-refractivity contribution in [1.82, 2.24) is 0 Å². The van der Waals surface area contributed by atoms with Gasteiger partial charge in [0, 0.05) is 6.61 Å². The predicted molar refractivity (Wildman–Crippen MR) is 69.2 cm³/mol. The van der Waals surface area contributed by atoms with E-state index in [0.717, 1.165) is 24.6 Å². The summed E-state index contributed by atoms with van der Waals surface area (Å²) in [5, 5.41) is 4.84. The number of carbonyl (C=O) groups is 1. The van der Waals surface area contributed by atoms with Crippen LogP contribution in [0.15, 0.2) is 23.1 Å². The van der Waals surface area contributed by atoms with Crippen LogP contribution in [0.25, 0.3) is 0 Å². The molecular formula is C12H16FNO5S. The lowest BCUT2D eigenvalue weighted by molar-refractivity contribution is 0.0318. The summed E-state index contributed by atoms with van der Waals surface area (Å²) in [5.74, 6) is -1.79. The second-order valence-corrected chi connectivity index (χ2v) is 5.47. The lowest BCUT2D eigenvalue weighted by atomic mass is 10.2. The van der Waals surface area contributed by atoms with Crippen LogP contribution in [-0.2, 0) is 19.5 Å². The molecular weight excluding hydrogens is 289 g/mol. The van der Waals surface area contributed by atoms with Gasteiger partial charge in [0.05, 0.1) is 12.2 Å². The lowest BCUT2D eigenvalue weighted by Gasteiger charge is -2.07. The maximum Gasteiger partial charge on any atom is 0.338 e. The zero-order valence-corrected chi connectivity index (χ0v) is 11.8. The zero-order valence-electron chi connectivity index (χ0n) is 11.0. The second-order valence-electron chi connectivity index (χ2n) is 3.94. The third kappa shape index (κ3) is 4.87. The average Bonchev–Trinajstić information content (AvgIpc) is 2.37. The quantitative estimate of drug-likeness (QED) is 0.600. The zero-order chi connectivity index (χ0) is 15.2. The highest BCUT2D eigenvalue weighted by atomic mass is 32.2. The van der Waals surface area contributed by atoms with Gasteiger partial charge in [-0.05, 0) is 24.6 Å². The summed E-state index contributed by atoms with van der Waals surface area (Å²) in [4.78, 5) is 10.9. The molecule has 2 N–H and O–H groups in total. The number of hydrogen-bond donors (Lipinski definition) is 1. The van der Waals surface area contributed by atoms with Crippen molar-refractivity contribution >= 4 is 16.0 Å². The van der Waals surface area contributed by atoms with E-state index >= 15 is 0 Å². The normalized spacial score (nSPS) is 11.3. The van der Waals surface area contributed by atoms with Crippen molar-refractivity contribution in [2.75, 3.05) is 19.8 Å². The molecule has 112 valence electrons. The molecule has 0 unspecified atom stereocenters. The molecule has 0 aliphatic rings. The van der Waals surface area contributed by atoms with Crippen molar-refractivity contribution in [3.05, 3.63) is 29.6 Å². The molecule has 0 radical (unpaired) electrons. The van der Waals surface area contributed by atoms with E-state index in [1.807, 2.05) is 6.92 Å². The molecule has 0 aliphatic heterocycles. The number of esters is 1. The molecule has 0 spiro atoms. The van der Waals surface area contributed by atoms with Crippen LogP contribution in [0.5, 0.6) is 0 Å². The van der Waals surface area contributed by atoms with Crippen molar-refractivity contribution in [3.8, 4) is 0 Å². The largest absolute Gasteiger partial charge is 0.460 e. The molecule has 0 fully saturated rings. The molecule has 0 heterocycles. The van der Waals surface area contributed by atoms with Crippen molar-refractivity contribution in [1.29, 1.82) is 0 Å². The van der Waals surface area contributed by atoms with Gasteiger partial charge in [0.1, 0.15) is 17.3 Å². The number of benzene rings is 1. The number of sulfonamides is 1. The minimum Gasteiger partial charge on any atom is -0.460 e. The number of carbonyl (C=O) groups excluding carboxylic acids is 1. The minimum absolute atomic E-state index is 0.0287. The third-order valence-corrected chi connectivity index (χ3v) is 3.21. The standard InChI is InChI=1S/C12H16FNO5S/c1-2-5-18-6-7-19-12(15)9-3-4-10(13)11(8-9)20(14,16)17/h3-4,8H,2,5-7H2,1H3,(H2,14,16,17). The fourth-order valence-corrected chi connectivity index (χ4v) is 2.00. The van der Waals surface area contributed by atoms with Crippen LogP contribution in [0.2, 0.25) is 0 Å². The number of hydrogen-bond acceptors (Lipinski definition) is 5. The Morgan fingerprint density at radius 3 is 2.60 bits per heavy atom. The van der Waals surface area contributed by atoms with Crippen molar-refractivity contribution < 1.29 is 27.1 Å². The van der Waals surface area contributed by atoms with Gasteiger partial charge >= 0.3 is 5.97 Å². The fraction of sp³-hybridized carbons (Fsp3) is 0.417. The van der Waals surface area contributed by atoms with Gasteiger partial charge in [-0.25, -0.2) is 22.7 Å². The predicted octanol–water partition coefficient (Wildman–Crippen LogP) is 1.06. The van der Waals surface area contributed by atoms with E-state index in [2.05, 4.69) is 0 Å². The van der Waals surface area contributed by atoms with E-state index in [0.29, 0.717) is 6.61 Å². The number of nitrogens with two attached hydrogens (primary N) is 1. The molecule has 1 rings (SSSR count). The Bertz CT molecular complexity index is 573. The Labute approximate surface area is 116 Å². The van der Waals surface area contributed by atoms with Gasteiger partial charge in [0.25, 0.3) is 0 Å². The van der Waals surface area contributed by atoms with Gasteiger partial charge in [-0.3, -0.25) is 0 Å². The van der Waals surface area contributed by atoms with Crippen LogP contribution in [0.1, 0.15) is 23.7 Å². The van der Waals surface area contributed by atoms with Gasteiger partial charge in [0.2, 0.25) is 10.0 Å². The molecule has 1 aromatic carbocycles. The highest BCUT2D eigenvalue weighted by molar-refractivity contribution is 7.89. The Hall–Kier alpha value is -1.51. The van der Waals surface area contributed by atoms with E-state index in [4.69, 9.17) is 14.6 Å². The van der Waals surface area contributed by atoms with Crippen LogP contribution < -0.4 is 5.14 Å². The smallest absolute Gasteiger partial charge is 0.338 e. The first kappa shape index (κ1) is 16.5. The summed E-state index contributed by atoms with van der Waals surface area (Å²) in [6.07, 6.45) is 0.851. The third-order valence-electron chi connectivity index (χ3n) is 2.28. The highest BCUT2D eigenvalue weighted by Crippen LogP contribution is 2.15. The molecule has 1 aromatic rings. The Kier molecular flexibility index (Phi) is 6.05. The summed E-state index contributed by atoms with van der Waals surface area (Å²) < 4.78 is 45.5. The van der Waals surface area contributed by atoms with E-state index < -0.39 is 26.7 Å². The number of primary sulfonamides is 1. The summed E-state index contributed by atoms with van der Waals surface area (Å²) in [6, 6.07) is 2.82. The van der Waals surface area contributed by atoms with Gasteiger partial charge in [-0.15, -0.1) is 0 Å². The van der Waals surface area contributed by atoms with E-state index in [-0.39, 0.29) is 18.8 Å². The maximum atomic E-state index is 13.3. The van der Waals surface area contributed by atoms with Crippen LogP contribution >= 0.6 is 0 Å². The molecule has 8 heteroatoms. The number of halogens is 1. The molecule has 0 atom stereocenters. The first-order valence-corrected chi connectivity index (χ1v) is 7.48. The van der Waals surface area contributed by atoms with E-state index in [1.54, 1.807) is 0 Å². The molecule has 0 aliphatic carbocycles. The van der Waals surface area contributed by atoms with Gasteiger partial charge < -0.3 is 9.47 Å². The van der Waals surface area contributed by atoms with E-state index in [9.17, 15) is 17.6 Å². The van der Waals surface area contributed by atoms with Gasteiger partial charge in [-0.2, -0.15) is 0 Å². The van der Waals surface area contributed by atoms with Crippen LogP contribution in [0.4, 0.5) is 4.39 Å². The summed E-state index contributed by atoms with van der Waals surface area (Å²) in [5.41, 5.74) is -0.0917. The number of ether oxygens (including phenoxy) is 2. The van der Waals surface area contributed by atoms with Gasteiger partial charge in [-0.1, -0.05) is 6.92 Å². The molecule has 0 saturated heterocycles. The maximum absolute atomic E-state index is 13.3. The van der Waals surface area contributed by atoms with Crippen LogP contribution in [0, 0.1) is 5.82 Å². The summed E-state index contributed by atoms with van der Waals surface area (Å²) >= 11 is 0.